The fourth-order valence-electron chi connectivity index (χ4n) is 3.59. The number of aryl methyl sites for hydroxylation is 1. The lowest BCUT2D eigenvalue weighted by atomic mass is 9.79. The van der Waals surface area contributed by atoms with Gasteiger partial charge in [-0.15, -0.1) is 11.6 Å². The zero-order valence-corrected chi connectivity index (χ0v) is 13.2. The summed E-state index contributed by atoms with van der Waals surface area (Å²) in [6.07, 6.45) is 3.76. The number of pyridine rings is 1. The summed E-state index contributed by atoms with van der Waals surface area (Å²) >= 11 is 6.13. The molecule has 3 rings (SSSR count). The molecule has 20 heavy (non-hydrogen) atoms. The molecule has 0 aliphatic heterocycles. The molecule has 108 valence electrons. The van der Waals surface area contributed by atoms with Crippen LogP contribution in [0.4, 0.5) is 0 Å². The van der Waals surface area contributed by atoms with Crippen molar-refractivity contribution in [1.29, 1.82) is 0 Å². The highest BCUT2D eigenvalue weighted by atomic mass is 35.5. The van der Waals surface area contributed by atoms with Gasteiger partial charge in [0.05, 0.1) is 5.88 Å². The first-order valence-corrected chi connectivity index (χ1v) is 8.04. The lowest BCUT2D eigenvalue weighted by Gasteiger charge is -2.34. The van der Waals surface area contributed by atoms with E-state index >= 15 is 0 Å². The standard InChI is InChI=1S/C16H22ClN3/c1-10-4-7-14(11(2)8-10)20-15(9-17)19-13-6-5-12(3)18-16(13)20/h5-6,10-11,14H,4,7-9H2,1-3H3. The average Bonchev–Trinajstić information content (AvgIpc) is 2.76. The van der Waals surface area contributed by atoms with Crippen molar-refractivity contribution in [2.75, 3.05) is 0 Å². The Bertz CT molecular complexity index is 619. The van der Waals surface area contributed by atoms with E-state index in [0.29, 0.717) is 17.8 Å². The van der Waals surface area contributed by atoms with Crippen LogP contribution in [0.3, 0.4) is 0 Å². The fraction of sp³-hybridized carbons (Fsp3) is 0.625. The highest BCUT2D eigenvalue weighted by Gasteiger charge is 2.29. The van der Waals surface area contributed by atoms with Crippen LogP contribution in [0.25, 0.3) is 11.2 Å². The van der Waals surface area contributed by atoms with Crippen LogP contribution in [0.2, 0.25) is 0 Å². The molecule has 0 radical (unpaired) electrons. The van der Waals surface area contributed by atoms with Crippen molar-refractivity contribution in [2.24, 2.45) is 11.8 Å². The summed E-state index contributed by atoms with van der Waals surface area (Å²) in [7, 11) is 0. The molecular formula is C16H22ClN3. The van der Waals surface area contributed by atoms with Crippen molar-refractivity contribution in [2.45, 2.75) is 52.0 Å². The second-order valence-electron chi connectivity index (χ2n) is 6.29. The molecule has 3 atom stereocenters. The summed E-state index contributed by atoms with van der Waals surface area (Å²) < 4.78 is 2.31. The lowest BCUT2D eigenvalue weighted by molar-refractivity contribution is 0.208. The van der Waals surface area contributed by atoms with Gasteiger partial charge >= 0.3 is 0 Å². The maximum atomic E-state index is 6.13. The van der Waals surface area contributed by atoms with E-state index in [2.05, 4.69) is 29.5 Å². The van der Waals surface area contributed by atoms with Crippen molar-refractivity contribution < 1.29 is 0 Å². The van der Waals surface area contributed by atoms with E-state index in [1.807, 2.05) is 13.0 Å². The van der Waals surface area contributed by atoms with Crippen molar-refractivity contribution in [3.8, 4) is 0 Å². The van der Waals surface area contributed by atoms with Crippen molar-refractivity contribution in [3.63, 3.8) is 0 Å². The molecule has 3 unspecified atom stereocenters. The predicted molar refractivity (Wildman–Crippen MR) is 83.0 cm³/mol. The third-order valence-corrected chi connectivity index (χ3v) is 4.83. The maximum Gasteiger partial charge on any atom is 0.160 e. The number of fused-ring (bicyclic) bond motifs is 1. The summed E-state index contributed by atoms with van der Waals surface area (Å²) in [6.45, 7) is 6.73. The molecule has 0 N–H and O–H groups in total. The van der Waals surface area contributed by atoms with Gasteiger partial charge in [0.2, 0.25) is 0 Å². The number of imidazole rings is 1. The Morgan fingerprint density at radius 3 is 2.75 bits per heavy atom. The van der Waals surface area contributed by atoms with Gasteiger partial charge in [-0.25, -0.2) is 9.97 Å². The normalized spacial score (nSPS) is 27.1. The van der Waals surface area contributed by atoms with Gasteiger partial charge in [-0.05, 0) is 50.2 Å². The Morgan fingerprint density at radius 1 is 1.25 bits per heavy atom. The molecule has 1 fully saturated rings. The molecule has 2 heterocycles. The van der Waals surface area contributed by atoms with Gasteiger partial charge in [0.15, 0.2) is 5.65 Å². The average molecular weight is 292 g/mol. The summed E-state index contributed by atoms with van der Waals surface area (Å²) in [6, 6.07) is 4.56. The Morgan fingerprint density at radius 2 is 2.05 bits per heavy atom. The van der Waals surface area contributed by atoms with Gasteiger partial charge < -0.3 is 4.57 Å². The van der Waals surface area contributed by atoms with E-state index in [-0.39, 0.29) is 0 Å². The number of nitrogens with zero attached hydrogens (tertiary/aromatic N) is 3. The molecule has 3 nitrogen and oxygen atoms in total. The van der Waals surface area contributed by atoms with Crippen LogP contribution in [0.5, 0.6) is 0 Å². The summed E-state index contributed by atoms with van der Waals surface area (Å²) in [5.41, 5.74) is 3.01. The Kier molecular flexibility index (Phi) is 3.72. The minimum absolute atomic E-state index is 0.453. The van der Waals surface area contributed by atoms with E-state index < -0.39 is 0 Å². The molecule has 0 bridgehead atoms. The fourth-order valence-corrected chi connectivity index (χ4v) is 3.78. The predicted octanol–water partition coefficient (Wildman–Crippen LogP) is 4.48. The number of alkyl halides is 1. The molecule has 2 aromatic heterocycles. The smallest absolute Gasteiger partial charge is 0.160 e. The van der Waals surface area contributed by atoms with Crippen LogP contribution >= 0.6 is 11.6 Å². The van der Waals surface area contributed by atoms with Gasteiger partial charge in [0.1, 0.15) is 11.3 Å². The first-order chi connectivity index (χ1) is 9.60. The van der Waals surface area contributed by atoms with Gasteiger partial charge in [-0.1, -0.05) is 13.8 Å². The first kappa shape index (κ1) is 13.9. The second-order valence-corrected chi connectivity index (χ2v) is 6.56. The van der Waals surface area contributed by atoms with E-state index in [1.54, 1.807) is 0 Å². The van der Waals surface area contributed by atoms with E-state index in [4.69, 9.17) is 16.6 Å². The third kappa shape index (κ3) is 2.32. The van der Waals surface area contributed by atoms with E-state index in [0.717, 1.165) is 28.6 Å². The molecule has 0 saturated heterocycles. The molecule has 4 heteroatoms. The second kappa shape index (κ2) is 5.36. The maximum absolute atomic E-state index is 6.13. The van der Waals surface area contributed by atoms with Crippen LogP contribution in [0.1, 0.15) is 50.7 Å². The van der Waals surface area contributed by atoms with Crippen LogP contribution in [0.15, 0.2) is 12.1 Å². The van der Waals surface area contributed by atoms with E-state index in [9.17, 15) is 0 Å². The zero-order valence-electron chi connectivity index (χ0n) is 12.4. The van der Waals surface area contributed by atoms with E-state index in [1.165, 1.54) is 19.3 Å². The highest BCUT2D eigenvalue weighted by molar-refractivity contribution is 6.16. The van der Waals surface area contributed by atoms with Crippen LogP contribution < -0.4 is 0 Å². The number of rotatable bonds is 2. The van der Waals surface area contributed by atoms with Gasteiger partial charge in [0, 0.05) is 11.7 Å². The number of halogens is 1. The Labute approximate surface area is 125 Å². The van der Waals surface area contributed by atoms with Gasteiger partial charge in [-0.3, -0.25) is 0 Å². The molecule has 0 amide bonds. The van der Waals surface area contributed by atoms with Crippen LogP contribution in [0, 0.1) is 18.8 Å². The number of hydrogen-bond acceptors (Lipinski definition) is 2. The minimum atomic E-state index is 0.453. The third-order valence-electron chi connectivity index (χ3n) is 4.59. The summed E-state index contributed by atoms with van der Waals surface area (Å²) in [4.78, 5) is 9.38. The van der Waals surface area contributed by atoms with Gasteiger partial charge in [-0.2, -0.15) is 0 Å². The monoisotopic (exact) mass is 291 g/mol. The number of hydrogen-bond donors (Lipinski definition) is 0. The Balaban J connectivity index is 2.11. The molecule has 0 aromatic carbocycles. The summed E-state index contributed by atoms with van der Waals surface area (Å²) in [5.74, 6) is 2.89. The SMILES string of the molecule is Cc1ccc2nc(CCl)n(C3CCC(C)CC3C)c2n1. The van der Waals surface area contributed by atoms with Crippen LogP contribution in [-0.2, 0) is 5.88 Å². The highest BCUT2D eigenvalue weighted by Crippen LogP contribution is 2.39. The van der Waals surface area contributed by atoms with Crippen molar-refractivity contribution >= 4 is 22.8 Å². The van der Waals surface area contributed by atoms with Gasteiger partial charge in [0.25, 0.3) is 0 Å². The molecule has 0 spiro atoms. The lowest BCUT2D eigenvalue weighted by Crippen LogP contribution is -2.26. The number of aromatic nitrogens is 3. The molecule has 1 aliphatic rings. The quantitative estimate of drug-likeness (QED) is 0.764. The zero-order chi connectivity index (χ0) is 14.3. The van der Waals surface area contributed by atoms with Crippen molar-refractivity contribution in [1.82, 2.24) is 14.5 Å². The Hall–Kier alpha value is -1.09. The topological polar surface area (TPSA) is 30.7 Å². The largest absolute Gasteiger partial charge is 0.308 e. The first-order valence-electron chi connectivity index (χ1n) is 7.50. The van der Waals surface area contributed by atoms with Crippen molar-refractivity contribution in [3.05, 3.63) is 23.7 Å². The molecule has 2 aromatic rings. The van der Waals surface area contributed by atoms with Crippen LogP contribution in [-0.4, -0.2) is 14.5 Å². The molecule has 1 aliphatic carbocycles. The minimum Gasteiger partial charge on any atom is -0.308 e. The summed E-state index contributed by atoms with van der Waals surface area (Å²) in [5, 5.41) is 0. The molecular weight excluding hydrogens is 270 g/mol. The molecule has 1 saturated carbocycles.